The predicted octanol–water partition coefficient (Wildman–Crippen LogP) is 2.74. The molecule has 3 nitrogen and oxygen atoms in total. The monoisotopic (exact) mass is 255 g/mol. The van der Waals surface area contributed by atoms with Crippen LogP contribution in [0.1, 0.15) is 27.2 Å². The lowest BCUT2D eigenvalue weighted by Gasteiger charge is -2.11. The van der Waals surface area contributed by atoms with Gasteiger partial charge in [0, 0.05) is 6.54 Å². The first-order valence-corrected chi connectivity index (χ1v) is 7.16. The van der Waals surface area contributed by atoms with Crippen molar-refractivity contribution in [3.05, 3.63) is 24.3 Å². The summed E-state index contributed by atoms with van der Waals surface area (Å²) in [6.45, 7) is 7.73. The second-order valence-corrected chi connectivity index (χ2v) is 5.64. The lowest BCUT2D eigenvalue weighted by atomic mass is 10.2. The molecule has 0 aliphatic heterocycles. The summed E-state index contributed by atoms with van der Waals surface area (Å²) in [7, 11) is 0. The molecule has 0 aromatic heterocycles. The van der Waals surface area contributed by atoms with Gasteiger partial charge in [-0.25, -0.2) is 0 Å². The van der Waals surface area contributed by atoms with Crippen molar-refractivity contribution in [2.24, 2.45) is 5.92 Å². The molecule has 96 valence electrons. The minimum atomic E-state index is -1.11. The zero-order chi connectivity index (χ0) is 12.7. The minimum Gasteiger partial charge on any atom is -0.593 e. The Labute approximate surface area is 107 Å². The predicted molar refractivity (Wildman–Crippen MR) is 71.5 cm³/mol. The van der Waals surface area contributed by atoms with Crippen molar-refractivity contribution in [2.45, 2.75) is 32.1 Å². The van der Waals surface area contributed by atoms with Crippen LogP contribution in [0.4, 0.5) is 0 Å². The molecular weight excluding hydrogens is 234 g/mol. The summed E-state index contributed by atoms with van der Waals surface area (Å²) in [5.41, 5.74) is 0. The first-order valence-electron chi connectivity index (χ1n) is 6.01. The zero-order valence-electron chi connectivity index (χ0n) is 10.7. The second kappa shape index (κ2) is 7.58. The van der Waals surface area contributed by atoms with Crippen molar-refractivity contribution < 1.29 is 9.29 Å². The molecule has 1 rings (SSSR count). The number of hydrogen-bond acceptors (Lipinski definition) is 3. The molecule has 0 radical (unpaired) electrons. The fourth-order valence-corrected chi connectivity index (χ4v) is 2.14. The maximum atomic E-state index is 11.7. The van der Waals surface area contributed by atoms with Crippen molar-refractivity contribution in [2.75, 3.05) is 13.2 Å². The lowest BCUT2D eigenvalue weighted by molar-refractivity contribution is 0.271. The van der Waals surface area contributed by atoms with Crippen molar-refractivity contribution in [3.63, 3.8) is 0 Å². The third-order valence-corrected chi connectivity index (χ3v) is 3.27. The fraction of sp³-hybridized carbons (Fsp3) is 0.538. The van der Waals surface area contributed by atoms with E-state index >= 15 is 0 Å². The average molecular weight is 255 g/mol. The van der Waals surface area contributed by atoms with E-state index in [-0.39, 0.29) is 0 Å². The van der Waals surface area contributed by atoms with E-state index < -0.39 is 11.4 Å². The van der Waals surface area contributed by atoms with Gasteiger partial charge in [-0.15, -0.1) is 4.72 Å². The van der Waals surface area contributed by atoms with Gasteiger partial charge in [0.2, 0.25) is 0 Å². The molecule has 4 heteroatoms. The molecule has 1 aromatic rings. The summed E-state index contributed by atoms with van der Waals surface area (Å²) in [5, 5.41) is 0. The number of rotatable bonds is 7. The Morgan fingerprint density at radius 3 is 2.47 bits per heavy atom. The van der Waals surface area contributed by atoms with E-state index in [0.717, 1.165) is 23.6 Å². The highest BCUT2D eigenvalue weighted by Gasteiger charge is 2.09. The van der Waals surface area contributed by atoms with Crippen molar-refractivity contribution in [1.82, 2.24) is 4.72 Å². The number of benzene rings is 1. The number of nitrogens with one attached hydrogen (secondary N) is 1. The van der Waals surface area contributed by atoms with Crippen LogP contribution >= 0.6 is 0 Å². The molecule has 0 amide bonds. The van der Waals surface area contributed by atoms with Crippen LogP contribution < -0.4 is 9.46 Å². The van der Waals surface area contributed by atoms with Crippen LogP contribution in [-0.4, -0.2) is 17.7 Å². The molecule has 1 aromatic carbocycles. The quantitative estimate of drug-likeness (QED) is 0.762. The number of hydrogen-bond donors (Lipinski definition) is 1. The average Bonchev–Trinajstić information content (AvgIpc) is 2.34. The van der Waals surface area contributed by atoms with E-state index in [1.54, 1.807) is 0 Å². The summed E-state index contributed by atoms with van der Waals surface area (Å²) in [6.07, 6.45) is 0.974. The Morgan fingerprint density at radius 1 is 1.29 bits per heavy atom. The Morgan fingerprint density at radius 2 is 1.94 bits per heavy atom. The highest BCUT2D eigenvalue weighted by molar-refractivity contribution is 7.89. The van der Waals surface area contributed by atoms with Gasteiger partial charge in [-0.1, -0.05) is 20.8 Å². The molecule has 0 fully saturated rings. The molecule has 0 aliphatic carbocycles. The van der Waals surface area contributed by atoms with Crippen LogP contribution in [0, 0.1) is 5.92 Å². The van der Waals surface area contributed by atoms with Crippen molar-refractivity contribution in [1.29, 1.82) is 0 Å². The van der Waals surface area contributed by atoms with Crippen molar-refractivity contribution in [3.8, 4) is 5.75 Å². The molecule has 0 aliphatic rings. The SMILES string of the molecule is CCCN[S+]([O-])c1ccc(OCC(C)C)cc1. The summed E-state index contributed by atoms with van der Waals surface area (Å²) < 4.78 is 20.3. The second-order valence-electron chi connectivity index (χ2n) is 4.34. The van der Waals surface area contributed by atoms with Gasteiger partial charge in [-0.3, -0.25) is 0 Å². The minimum absolute atomic E-state index is 0.509. The molecule has 17 heavy (non-hydrogen) atoms. The summed E-state index contributed by atoms with van der Waals surface area (Å²) in [4.78, 5) is 0.787. The lowest BCUT2D eigenvalue weighted by Crippen LogP contribution is -2.24. The molecule has 0 heterocycles. The van der Waals surface area contributed by atoms with Gasteiger partial charge < -0.3 is 9.29 Å². The van der Waals surface area contributed by atoms with Crippen LogP contribution in [0.5, 0.6) is 5.75 Å². The maximum absolute atomic E-state index is 11.7. The zero-order valence-corrected chi connectivity index (χ0v) is 11.5. The summed E-state index contributed by atoms with van der Waals surface area (Å²) >= 11 is -1.11. The van der Waals surface area contributed by atoms with Crippen LogP contribution in [0.2, 0.25) is 0 Å². The van der Waals surface area contributed by atoms with Gasteiger partial charge in [-0.05, 0) is 36.6 Å². The van der Waals surface area contributed by atoms with Gasteiger partial charge in [0.25, 0.3) is 0 Å². The Bertz CT molecular complexity index is 314. The van der Waals surface area contributed by atoms with Gasteiger partial charge in [0.05, 0.1) is 18.0 Å². The first kappa shape index (κ1) is 14.4. The van der Waals surface area contributed by atoms with E-state index in [1.165, 1.54) is 0 Å². The maximum Gasteiger partial charge on any atom is 0.174 e. The van der Waals surface area contributed by atoms with E-state index in [2.05, 4.69) is 18.6 Å². The topological polar surface area (TPSA) is 44.3 Å². The third kappa shape index (κ3) is 5.44. The molecule has 1 unspecified atom stereocenters. The highest BCUT2D eigenvalue weighted by Crippen LogP contribution is 2.16. The first-order chi connectivity index (χ1) is 8.13. The van der Waals surface area contributed by atoms with Crippen LogP contribution in [0.15, 0.2) is 29.2 Å². The van der Waals surface area contributed by atoms with Gasteiger partial charge in [0.1, 0.15) is 5.75 Å². The van der Waals surface area contributed by atoms with Gasteiger partial charge >= 0.3 is 0 Å². The van der Waals surface area contributed by atoms with Crippen LogP contribution in [0.3, 0.4) is 0 Å². The molecule has 0 bridgehead atoms. The molecule has 0 saturated carbocycles. The van der Waals surface area contributed by atoms with E-state index in [1.807, 2.05) is 31.2 Å². The van der Waals surface area contributed by atoms with E-state index in [9.17, 15) is 4.55 Å². The normalized spacial score (nSPS) is 12.8. The van der Waals surface area contributed by atoms with Crippen LogP contribution in [0.25, 0.3) is 0 Å². The highest BCUT2D eigenvalue weighted by atomic mass is 32.2. The summed E-state index contributed by atoms with van der Waals surface area (Å²) in [5.74, 6) is 1.34. The third-order valence-electron chi connectivity index (χ3n) is 2.10. The Hall–Kier alpha value is -0.710. The largest absolute Gasteiger partial charge is 0.593 e. The fourth-order valence-electron chi connectivity index (χ4n) is 1.20. The van der Waals surface area contributed by atoms with Crippen molar-refractivity contribution >= 4 is 11.4 Å². The molecule has 1 atom stereocenters. The molecule has 0 spiro atoms. The van der Waals surface area contributed by atoms with Gasteiger partial charge in [0.15, 0.2) is 4.90 Å². The summed E-state index contributed by atoms with van der Waals surface area (Å²) in [6, 6.07) is 7.41. The molecular formula is C13H21NO2S. The molecule has 1 N–H and O–H groups in total. The van der Waals surface area contributed by atoms with Crippen LogP contribution in [-0.2, 0) is 11.4 Å². The smallest absolute Gasteiger partial charge is 0.174 e. The Balaban J connectivity index is 2.49. The van der Waals surface area contributed by atoms with E-state index in [0.29, 0.717) is 12.5 Å². The van der Waals surface area contributed by atoms with Gasteiger partial charge in [-0.2, -0.15) is 0 Å². The standard InChI is InChI=1S/C13H21NO2S/c1-4-9-14-17(15)13-7-5-12(6-8-13)16-10-11(2)3/h5-8,11,14H,4,9-10H2,1-3H3. The molecule has 0 saturated heterocycles. The van der Waals surface area contributed by atoms with E-state index in [4.69, 9.17) is 4.74 Å². The number of ether oxygens (including phenoxy) is 1. The Kier molecular flexibility index (Phi) is 6.40.